The summed E-state index contributed by atoms with van der Waals surface area (Å²) in [4.78, 5) is 24.1. The molecule has 1 aliphatic rings. The summed E-state index contributed by atoms with van der Waals surface area (Å²) < 4.78 is 10.7. The van der Waals surface area contributed by atoms with Crippen molar-refractivity contribution in [1.82, 2.24) is 0 Å². The fourth-order valence-corrected chi connectivity index (χ4v) is 2.66. The van der Waals surface area contributed by atoms with Gasteiger partial charge in [0.1, 0.15) is 22.8 Å². The van der Waals surface area contributed by atoms with Crippen molar-refractivity contribution in [3.05, 3.63) is 41.5 Å². The number of ketones is 1. The van der Waals surface area contributed by atoms with Crippen LogP contribution in [-0.2, 0) is 9.53 Å². The van der Waals surface area contributed by atoms with Gasteiger partial charge in [0.25, 0.3) is 0 Å². The lowest BCUT2D eigenvalue weighted by Crippen LogP contribution is -2.39. The standard InChI is InChI=1S/C17H14O8/c1-7(18)24-17-15(23)14-12(22)5-9(19)6-13(14)25-16(17)8-2-3-10(20)11(21)4-8/h2-6,16-17,19-22H,1H3/t16-,17-/m0/s1. The van der Waals surface area contributed by atoms with E-state index in [1.54, 1.807) is 0 Å². The third kappa shape index (κ3) is 2.89. The van der Waals surface area contributed by atoms with E-state index in [0.717, 1.165) is 25.1 Å². The maximum Gasteiger partial charge on any atom is 0.303 e. The molecule has 0 spiro atoms. The van der Waals surface area contributed by atoms with Gasteiger partial charge in [-0.3, -0.25) is 9.59 Å². The number of fused-ring (bicyclic) bond motifs is 1. The minimum atomic E-state index is -1.41. The van der Waals surface area contributed by atoms with Gasteiger partial charge in [0.05, 0.1) is 0 Å². The number of ether oxygens (including phenoxy) is 2. The van der Waals surface area contributed by atoms with Crippen LogP contribution in [0.4, 0.5) is 0 Å². The molecule has 2 atom stereocenters. The van der Waals surface area contributed by atoms with Crippen molar-refractivity contribution < 1.29 is 39.5 Å². The van der Waals surface area contributed by atoms with Gasteiger partial charge in [0.15, 0.2) is 17.6 Å². The molecule has 0 unspecified atom stereocenters. The summed E-state index contributed by atoms with van der Waals surface area (Å²) in [5, 5.41) is 38.6. The summed E-state index contributed by atoms with van der Waals surface area (Å²) in [6.45, 7) is 1.12. The van der Waals surface area contributed by atoms with Crippen LogP contribution < -0.4 is 4.74 Å². The molecule has 8 nitrogen and oxygen atoms in total. The molecule has 1 aliphatic heterocycles. The SMILES string of the molecule is CC(=O)O[C@H]1C(=O)c2c(O)cc(O)cc2O[C@H]1c1ccc(O)c(O)c1. The van der Waals surface area contributed by atoms with Gasteiger partial charge in [0.2, 0.25) is 11.9 Å². The van der Waals surface area contributed by atoms with E-state index < -0.39 is 35.5 Å². The molecule has 3 rings (SSSR count). The Morgan fingerprint density at radius 2 is 1.76 bits per heavy atom. The van der Waals surface area contributed by atoms with Crippen molar-refractivity contribution >= 4 is 11.8 Å². The molecule has 4 N–H and O–H groups in total. The second-order valence-corrected chi connectivity index (χ2v) is 5.52. The Balaban J connectivity index is 2.13. The third-order valence-electron chi connectivity index (χ3n) is 3.72. The zero-order valence-electron chi connectivity index (χ0n) is 13.0. The van der Waals surface area contributed by atoms with Crippen LogP contribution >= 0.6 is 0 Å². The molecule has 25 heavy (non-hydrogen) atoms. The molecule has 0 fully saturated rings. The summed E-state index contributed by atoms with van der Waals surface area (Å²) in [6, 6.07) is 5.86. The molecule has 0 saturated carbocycles. The van der Waals surface area contributed by atoms with Crippen LogP contribution in [0.25, 0.3) is 0 Å². The highest BCUT2D eigenvalue weighted by Gasteiger charge is 2.42. The van der Waals surface area contributed by atoms with Gasteiger partial charge < -0.3 is 29.9 Å². The molecule has 8 heteroatoms. The predicted molar refractivity (Wildman–Crippen MR) is 82.8 cm³/mol. The first-order chi connectivity index (χ1) is 11.8. The van der Waals surface area contributed by atoms with Gasteiger partial charge in [-0.15, -0.1) is 0 Å². The van der Waals surface area contributed by atoms with Crippen LogP contribution in [0, 0.1) is 0 Å². The van der Waals surface area contributed by atoms with Crippen LogP contribution in [-0.4, -0.2) is 38.3 Å². The largest absolute Gasteiger partial charge is 0.508 e. The van der Waals surface area contributed by atoms with Gasteiger partial charge in [-0.2, -0.15) is 0 Å². The molecule has 0 aromatic heterocycles. The predicted octanol–water partition coefficient (Wildman–Crippen LogP) is 1.76. The van der Waals surface area contributed by atoms with Crippen LogP contribution in [0.2, 0.25) is 0 Å². The molecule has 0 radical (unpaired) electrons. The number of Topliss-reactive ketones (excluding diaryl/α,β-unsaturated/α-hetero) is 1. The lowest BCUT2D eigenvalue weighted by molar-refractivity contribution is -0.148. The summed E-state index contributed by atoms with van der Waals surface area (Å²) in [5.74, 6) is -3.19. The van der Waals surface area contributed by atoms with E-state index in [9.17, 15) is 30.0 Å². The second-order valence-electron chi connectivity index (χ2n) is 5.52. The fraction of sp³-hybridized carbons (Fsp3) is 0.176. The highest BCUT2D eigenvalue weighted by Crippen LogP contribution is 2.43. The van der Waals surface area contributed by atoms with E-state index in [-0.39, 0.29) is 28.4 Å². The smallest absolute Gasteiger partial charge is 0.303 e. The number of hydrogen-bond donors (Lipinski definition) is 4. The molecule has 0 aliphatic carbocycles. The average Bonchev–Trinajstić information content (AvgIpc) is 2.51. The number of carbonyl (C=O) groups excluding carboxylic acids is 2. The van der Waals surface area contributed by atoms with E-state index in [1.165, 1.54) is 12.1 Å². The van der Waals surface area contributed by atoms with E-state index in [4.69, 9.17) is 9.47 Å². The van der Waals surface area contributed by atoms with E-state index >= 15 is 0 Å². The topological polar surface area (TPSA) is 134 Å². The summed E-state index contributed by atoms with van der Waals surface area (Å²) in [6.07, 6.45) is -2.55. The Bertz CT molecular complexity index is 873. The van der Waals surface area contributed by atoms with E-state index in [0.29, 0.717) is 0 Å². The molecule has 0 saturated heterocycles. The first kappa shape index (κ1) is 16.4. The van der Waals surface area contributed by atoms with Crippen LogP contribution in [0.15, 0.2) is 30.3 Å². The molecule has 0 bridgehead atoms. The number of aromatic hydroxyl groups is 4. The average molecular weight is 346 g/mol. The van der Waals surface area contributed by atoms with Crippen molar-refractivity contribution in [3.63, 3.8) is 0 Å². The first-order valence-electron chi connectivity index (χ1n) is 7.24. The number of phenols is 4. The van der Waals surface area contributed by atoms with Gasteiger partial charge in [0, 0.05) is 24.6 Å². The number of phenolic OH excluding ortho intramolecular Hbond substituents is 4. The van der Waals surface area contributed by atoms with Gasteiger partial charge in [-0.25, -0.2) is 0 Å². The minimum absolute atomic E-state index is 0.0940. The summed E-state index contributed by atoms with van der Waals surface area (Å²) in [5.41, 5.74) is 0.0340. The van der Waals surface area contributed by atoms with Gasteiger partial charge >= 0.3 is 5.97 Å². The van der Waals surface area contributed by atoms with Crippen molar-refractivity contribution in [3.8, 4) is 28.7 Å². The Hall–Kier alpha value is -3.42. The summed E-state index contributed by atoms with van der Waals surface area (Å²) in [7, 11) is 0. The molecule has 1 heterocycles. The number of hydrogen-bond acceptors (Lipinski definition) is 8. The summed E-state index contributed by atoms with van der Waals surface area (Å²) >= 11 is 0. The number of esters is 1. The van der Waals surface area contributed by atoms with Crippen molar-refractivity contribution in [2.45, 2.75) is 19.1 Å². The first-order valence-corrected chi connectivity index (χ1v) is 7.24. The Labute approximate surface area is 141 Å². The zero-order chi connectivity index (χ0) is 18.3. The lowest BCUT2D eigenvalue weighted by atomic mass is 9.92. The van der Waals surface area contributed by atoms with E-state index in [1.807, 2.05) is 0 Å². The maximum atomic E-state index is 12.7. The van der Waals surface area contributed by atoms with E-state index in [2.05, 4.69) is 0 Å². The van der Waals surface area contributed by atoms with Gasteiger partial charge in [-0.05, 0) is 12.1 Å². The van der Waals surface area contributed by atoms with Crippen molar-refractivity contribution in [2.24, 2.45) is 0 Å². The van der Waals surface area contributed by atoms with Crippen LogP contribution in [0.3, 0.4) is 0 Å². The minimum Gasteiger partial charge on any atom is -0.508 e. The molecule has 130 valence electrons. The third-order valence-corrected chi connectivity index (χ3v) is 3.72. The monoisotopic (exact) mass is 346 g/mol. The maximum absolute atomic E-state index is 12.7. The zero-order valence-corrected chi connectivity index (χ0v) is 13.0. The highest BCUT2D eigenvalue weighted by atomic mass is 16.6. The normalized spacial score (nSPS) is 19.0. The fourth-order valence-electron chi connectivity index (χ4n) is 2.66. The Kier molecular flexibility index (Phi) is 3.88. The second kappa shape index (κ2) is 5.90. The molecule has 2 aromatic carbocycles. The van der Waals surface area contributed by atoms with Crippen LogP contribution in [0.1, 0.15) is 28.9 Å². The van der Waals surface area contributed by atoms with Crippen LogP contribution in [0.5, 0.6) is 28.7 Å². The Morgan fingerprint density at radius 1 is 1.04 bits per heavy atom. The molecule has 2 aromatic rings. The highest BCUT2D eigenvalue weighted by molar-refractivity contribution is 6.06. The number of benzene rings is 2. The Morgan fingerprint density at radius 3 is 2.40 bits per heavy atom. The lowest BCUT2D eigenvalue weighted by Gasteiger charge is -2.32. The molecule has 0 amide bonds. The molecular weight excluding hydrogens is 332 g/mol. The number of carbonyl (C=O) groups is 2. The van der Waals surface area contributed by atoms with Gasteiger partial charge in [-0.1, -0.05) is 6.07 Å². The number of rotatable bonds is 2. The quantitative estimate of drug-likeness (QED) is 0.477. The van der Waals surface area contributed by atoms with Crippen molar-refractivity contribution in [1.29, 1.82) is 0 Å². The molecular formula is C17H14O8. The van der Waals surface area contributed by atoms with Crippen molar-refractivity contribution in [2.75, 3.05) is 0 Å².